The molecule has 0 fully saturated rings. The molecule has 3 heterocycles. The molecule has 12 rings (SSSR count). The van der Waals surface area contributed by atoms with Crippen LogP contribution in [-0.4, -0.2) is 16.2 Å². The van der Waals surface area contributed by atoms with Crippen LogP contribution in [0, 0.1) is 0 Å². The quantitative estimate of drug-likeness (QED) is 0.183. The highest BCUT2D eigenvalue weighted by molar-refractivity contribution is 6.19. The van der Waals surface area contributed by atoms with Gasteiger partial charge in [-0.2, -0.15) is 0 Å². The number of aliphatic imine (C=N–C) groups is 2. The predicted molar refractivity (Wildman–Crippen MR) is 248 cm³/mol. The van der Waals surface area contributed by atoms with Crippen molar-refractivity contribution in [2.75, 3.05) is 0 Å². The molecule has 5 heteroatoms. The first-order valence-corrected chi connectivity index (χ1v) is 20.3. The fourth-order valence-electron chi connectivity index (χ4n) is 8.88. The number of aromatic nitrogens is 1. The minimum Gasteiger partial charge on any atom is -0.454 e. The third kappa shape index (κ3) is 5.70. The van der Waals surface area contributed by atoms with E-state index in [9.17, 15) is 0 Å². The highest BCUT2D eigenvalue weighted by Gasteiger charge is 2.25. The molecule has 5 nitrogen and oxygen atoms in total. The Labute approximate surface area is 346 Å². The number of amidine groups is 2. The van der Waals surface area contributed by atoms with Gasteiger partial charge >= 0.3 is 0 Å². The molecule has 0 bridgehead atoms. The molecular weight excluding hydrogens is 733 g/mol. The Kier molecular flexibility index (Phi) is 7.85. The van der Waals surface area contributed by atoms with Crippen molar-refractivity contribution in [3.05, 3.63) is 223 Å². The second-order valence-electron chi connectivity index (χ2n) is 15.4. The van der Waals surface area contributed by atoms with E-state index in [0.29, 0.717) is 5.84 Å². The van der Waals surface area contributed by atoms with Gasteiger partial charge in [0.25, 0.3) is 0 Å². The van der Waals surface area contributed by atoms with Crippen LogP contribution in [0.15, 0.2) is 221 Å². The molecular formula is C55H36N4O. The Morgan fingerprint density at radius 1 is 0.433 bits per heavy atom. The number of fused-ring (bicyclic) bond motifs is 7. The van der Waals surface area contributed by atoms with Gasteiger partial charge in [-0.3, -0.25) is 0 Å². The summed E-state index contributed by atoms with van der Waals surface area (Å²) in [6, 6.07) is 72.8. The summed E-state index contributed by atoms with van der Waals surface area (Å²) in [4.78, 5) is 10.8. The Hall–Kier alpha value is -8.02. The van der Waals surface area contributed by atoms with Crippen molar-refractivity contribution in [2.45, 2.75) is 6.17 Å². The lowest BCUT2D eigenvalue weighted by Gasteiger charge is -2.24. The summed E-state index contributed by atoms with van der Waals surface area (Å²) in [7, 11) is 0. The second-order valence-corrected chi connectivity index (χ2v) is 15.4. The van der Waals surface area contributed by atoms with Crippen molar-refractivity contribution in [1.82, 2.24) is 9.88 Å². The summed E-state index contributed by atoms with van der Waals surface area (Å²) in [6.45, 7) is 0. The van der Waals surface area contributed by atoms with E-state index in [1.165, 1.54) is 27.1 Å². The fourth-order valence-corrected chi connectivity index (χ4v) is 8.88. The molecule has 1 unspecified atom stereocenters. The van der Waals surface area contributed by atoms with Crippen LogP contribution < -0.4 is 5.32 Å². The van der Waals surface area contributed by atoms with E-state index in [0.717, 1.165) is 77.9 Å². The van der Waals surface area contributed by atoms with Crippen molar-refractivity contribution >= 4 is 66.2 Å². The second kappa shape index (κ2) is 13.8. The molecule has 282 valence electrons. The minimum atomic E-state index is -0.391. The summed E-state index contributed by atoms with van der Waals surface area (Å²) in [5.74, 6) is 1.41. The number of hydrogen-bond acceptors (Lipinski definition) is 4. The molecule has 1 atom stereocenters. The Bertz CT molecular complexity index is 3510. The molecule has 0 radical (unpaired) electrons. The smallest absolute Gasteiger partial charge is 0.159 e. The van der Waals surface area contributed by atoms with Crippen LogP contribution in [0.25, 0.3) is 82.5 Å². The van der Waals surface area contributed by atoms with Crippen LogP contribution in [0.1, 0.15) is 22.9 Å². The van der Waals surface area contributed by atoms with E-state index in [1.807, 2.05) is 24.3 Å². The Morgan fingerprint density at radius 3 is 1.87 bits per heavy atom. The summed E-state index contributed by atoms with van der Waals surface area (Å²) in [5, 5.41) is 10.6. The van der Waals surface area contributed by atoms with E-state index in [4.69, 9.17) is 14.4 Å². The van der Waals surface area contributed by atoms with Gasteiger partial charge in [0, 0.05) is 32.7 Å². The zero-order valence-corrected chi connectivity index (χ0v) is 32.5. The summed E-state index contributed by atoms with van der Waals surface area (Å²) >= 11 is 0. The SMILES string of the molecule is c1ccc(-c2ccc(C3N=C(c4cc(-n5c6ccccc6c6cc7ccccc7cc65)c5oc6ccccc6c5c4)N=C(c4cccc(-c5ccccc5)c4)N3)cc2)cc1. The highest BCUT2D eigenvalue weighted by Crippen LogP contribution is 2.40. The predicted octanol–water partition coefficient (Wildman–Crippen LogP) is 13.7. The molecule has 60 heavy (non-hydrogen) atoms. The molecule has 0 aliphatic carbocycles. The first-order valence-electron chi connectivity index (χ1n) is 20.3. The molecule has 1 N–H and O–H groups in total. The maximum atomic E-state index is 6.81. The van der Waals surface area contributed by atoms with Crippen molar-refractivity contribution in [3.63, 3.8) is 0 Å². The van der Waals surface area contributed by atoms with Gasteiger partial charge in [-0.25, -0.2) is 9.98 Å². The molecule has 2 aromatic heterocycles. The number of hydrogen-bond donors (Lipinski definition) is 1. The van der Waals surface area contributed by atoms with Gasteiger partial charge in [0.2, 0.25) is 0 Å². The third-order valence-electron chi connectivity index (χ3n) is 11.8. The number of rotatable bonds is 6. The van der Waals surface area contributed by atoms with Gasteiger partial charge in [-0.1, -0.05) is 164 Å². The minimum absolute atomic E-state index is 0.391. The van der Waals surface area contributed by atoms with Crippen molar-refractivity contribution < 1.29 is 4.42 Å². The van der Waals surface area contributed by atoms with Gasteiger partial charge in [0.1, 0.15) is 17.6 Å². The lowest BCUT2D eigenvalue weighted by molar-refractivity contribution is 0.666. The first-order chi connectivity index (χ1) is 29.7. The standard InChI is InChI=1S/C55H36N4O/c1-3-14-35(15-4-1)37-26-28-38(29-27-37)53-56-54(42-21-13-20-39(30-42)36-16-5-2-6-17-36)58-55(57-53)43-32-47-45-23-10-12-25-51(45)60-52(47)50(34-43)59-48-24-11-9-22-44(48)46-31-40-18-7-8-19-41(40)33-49(46)59/h1-34,53H,(H,56,57,58). The highest BCUT2D eigenvalue weighted by atomic mass is 16.3. The monoisotopic (exact) mass is 768 g/mol. The summed E-state index contributed by atoms with van der Waals surface area (Å²) in [5.41, 5.74) is 12.3. The summed E-state index contributed by atoms with van der Waals surface area (Å²) in [6.07, 6.45) is -0.391. The van der Waals surface area contributed by atoms with Gasteiger partial charge < -0.3 is 14.3 Å². The third-order valence-corrected chi connectivity index (χ3v) is 11.8. The zero-order chi connectivity index (χ0) is 39.6. The van der Waals surface area contributed by atoms with E-state index < -0.39 is 6.17 Å². The number of benzene rings is 9. The van der Waals surface area contributed by atoms with Crippen LogP contribution in [0.5, 0.6) is 0 Å². The molecule has 0 amide bonds. The van der Waals surface area contributed by atoms with Crippen LogP contribution in [0.4, 0.5) is 0 Å². The molecule has 11 aromatic rings. The van der Waals surface area contributed by atoms with Crippen LogP contribution >= 0.6 is 0 Å². The lowest BCUT2D eigenvalue weighted by atomic mass is 10.0. The van der Waals surface area contributed by atoms with Gasteiger partial charge in [-0.05, 0) is 81.1 Å². The molecule has 0 spiro atoms. The van der Waals surface area contributed by atoms with Crippen molar-refractivity contribution in [1.29, 1.82) is 0 Å². The van der Waals surface area contributed by atoms with Crippen LogP contribution in [-0.2, 0) is 0 Å². The van der Waals surface area contributed by atoms with Gasteiger partial charge in [0.15, 0.2) is 11.4 Å². The number of nitrogens with zero attached hydrogens (tertiary/aromatic N) is 3. The Morgan fingerprint density at radius 2 is 1.07 bits per heavy atom. The van der Waals surface area contributed by atoms with E-state index in [2.05, 4.69) is 192 Å². The van der Waals surface area contributed by atoms with Crippen LogP contribution in [0.3, 0.4) is 0 Å². The lowest BCUT2D eigenvalue weighted by Crippen LogP contribution is -2.33. The van der Waals surface area contributed by atoms with E-state index in [1.54, 1.807) is 0 Å². The van der Waals surface area contributed by atoms with Gasteiger partial charge in [0.05, 0.1) is 16.7 Å². The fraction of sp³-hybridized carbons (Fsp3) is 0.0182. The zero-order valence-electron chi connectivity index (χ0n) is 32.5. The van der Waals surface area contributed by atoms with Crippen molar-refractivity contribution in [3.8, 4) is 27.9 Å². The van der Waals surface area contributed by atoms with E-state index in [-0.39, 0.29) is 0 Å². The number of nitrogens with one attached hydrogen (secondary N) is 1. The van der Waals surface area contributed by atoms with Gasteiger partial charge in [-0.15, -0.1) is 0 Å². The molecule has 9 aromatic carbocycles. The molecule has 1 aliphatic rings. The Balaban J connectivity index is 1.09. The van der Waals surface area contributed by atoms with Crippen LogP contribution in [0.2, 0.25) is 0 Å². The average molecular weight is 769 g/mol. The largest absolute Gasteiger partial charge is 0.454 e. The molecule has 0 saturated carbocycles. The first kappa shape index (κ1) is 34.1. The normalized spacial score (nSPS) is 14.2. The van der Waals surface area contributed by atoms with E-state index >= 15 is 0 Å². The topological polar surface area (TPSA) is 54.8 Å². The number of furan rings is 1. The molecule has 1 aliphatic heterocycles. The average Bonchev–Trinajstić information content (AvgIpc) is 3.86. The summed E-state index contributed by atoms with van der Waals surface area (Å²) < 4.78 is 9.17. The molecule has 0 saturated heterocycles. The van der Waals surface area contributed by atoms with Crippen molar-refractivity contribution in [2.24, 2.45) is 9.98 Å². The maximum absolute atomic E-state index is 6.81. The maximum Gasteiger partial charge on any atom is 0.159 e. The number of para-hydroxylation sites is 2.